The Morgan fingerprint density at radius 3 is 2.61 bits per heavy atom. The molecule has 0 saturated carbocycles. The fourth-order valence-corrected chi connectivity index (χ4v) is 2.03. The molecule has 0 aromatic heterocycles. The van der Waals surface area contributed by atoms with Crippen LogP contribution in [0.1, 0.15) is 32.3 Å². The summed E-state index contributed by atoms with van der Waals surface area (Å²) >= 11 is 0. The van der Waals surface area contributed by atoms with Gasteiger partial charge in [0.05, 0.1) is 0 Å². The zero-order valence-electron chi connectivity index (χ0n) is 10.7. The molecule has 0 spiro atoms. The number of ether oxygens (including phenoxy) is 2. The van der Waals surface area contributed by atoms with Gasteiger partial charge in [-0.3, -0.25) is 4.79 Å². The number of carboxylic acids is 1. The average molecular weight is 250 g/mol. The van der Waals surface area contributed by atoms with Crippen molar-refractivity contribution in [3.63, 3.8) is 0 Å². The Balaban J connectivity index is 2.19. The third-order valence-electron chi connectivity index (χ3n) is 3.29. The van der Waals surface area contributed by atoms with Crippen molar-refractivity contribution in [1.29, 1.82) is 0 Å². The number of hydrogen-bond acceptors (Lipinski definition) is 3. The summed E-state index contributed by atoms with van der Waals surface area (Å²) in [5, 5.41) is 8.77. The van der Waals surface area contributed by atoms with Crippen molar-refractivity contribution in [3.8, 4) is 11.5 Å². The second-order valence-electron chi connectivity index (χ2n) is 5.14. The van der Waals surface area contributed by atoms with Gasteiger partial charge in [0.25, 0.3) is 0 Å². The highest BCUT2D eigenvalue weighted by atomic mass is 16.6. The van der Waals surface area contributed by atoms with E-state index in [1.54, 1.807) is 0 Å². The first-order valence-corrected chi connectivity index (χ1v) is 6.11. The predicted molar refractivity (Wildman–Crippen MR) is 67.3 cm³/mol. The van der Waals surface area contributed by atoms with Gasteiger partial charge >= 0.3 is 5.97 Å². The molecular formula is C14H18O4. The van der Waals surface area contributed by atoms with Gasteiger partial charge in [0.15, 0.2) is 11.5 Å². The van der Waals surface area contributed by atoms with Crippen molar-refractivity contribution in [2.75, 3.05) is 13.2 Å². The van der Waals surface area contributed by atoms with Crippen LogP contribution in [0.3, 0.4) is 0 Å². The van der Waals surface area contributed by atoms with Crippen molar-refractivity contribution in [1.82, 2.24) is 0 Å². The summed E-state index contributed by atoms with van der Waals surface area (Å²) < 4.78 is 11.0. The monoisotopic (exact) mass is 250 g/mol. The smallest absolute Gasteiger partial charge is 0.303 e. The van der Waals surface area contributed by atoms with Crippen LogP contribution in [-0.4, -0.2) is 24.3 Å². The van der Waals surface area contributed by atoms with E-state index < -0.39 is 5.97 Å². The van der Waals surface area contributed by atoms with E-state index in [0.717, 1.165) is 17.1 Å². The third kappa shape index (κ3) is 2.75. The fourth-order valence-electron chi connectivity index (χ4n) is 2.03. The quantitative estimate of drug-likeness (QED) is 0.892. The van der Waals surface area contributed by atoms with E-state index in [1.807, 2.05) is 32.0 Å². The Labute approximate surface area is 107 Å². The van der Waals surface area contributed by atoms with Gasteiger partial charge in [-0.05, 0) is 29.5 Å². The molecule has 0 unspecified atom stereocenters. The average Bonchev–Trinajstić information content (AvgIpc) is 2.36. The van der Waals surface area contributed by atoms with Gasteiger partial charge in [-0.1, -0.05) is 19.9 Å². The molecule has 2 rings (SSSR count). The Morgan fingerprint density at radius 1 is 1.28 bits per heavy atom. The molecule has 0 fully saturated rings. The summed E-state index contributed by atoms with van der Waals surface area (Å²) in [6.07, 6.45) is 0.767. The van der Waals surface area contributed by atoms with Gasteiger partial charge in [-0.15, -0.1) is 0 Å². The number of rotatable bonds is 4. The van der Waals surface area contributed by atoms with E-state index in [2.05, 4.69) is 0 Å². The topological polar surface area (TPSA) is 55.8 Å². The van der Waals surface area contributed by atoms with E-state index in [0.29, 0.717) is 19.6 Å². The maximum Gasteiger partial charge on any atom is 0.303 e. The van der Waals surface area contributed by atoms with Crippen LogP contribution in [0.4, 0.5) is 0 Å². The van der Waals surface area contributed by atoms with E-state index in [4.69, 9.17) is 14.6 Å². The van der Waals surface area contributed by atoms with Crippen LogP contribution in [0.5, 0.6) is 11.5 Å². The Kier molecular flexibility index (Phi) is 3.45. The second kappa shape index (κ2) is 4.88. The van der Waals surface area contributed by atoms with Crippen molar-refractivity contribution >= 4 is 5.97 Å². The van der Waals surface area contributed by atoms with Crippen LogP contribution >= 0.6 is 0 Å². The summed E-state index contributed by atoms with van der Waals surface area (Å²) in [4.78, 5) is 10.7. The molecule has 4 nitrogen and oxygen atoms in total. The van der Waals surface area contributed by atoms with Crippen LogP contribution in [0.25, 0.3) is 0 Å². The number of aliphatic carboxylic acids is 1. The SMILES string of the molecule is CC(C)(CCC(=O)O)c1ccc2c(c1)OCCO2. The minimum atomic E-state index is -0.763. The molecule has 1 aliphatic heterocycles. The molecule has 1 heterocycles. The van der Waals surface area contributed by atoms with Crippen LogP contribution in [0, 0.1) is 0 Å². The van der Waals surface area contributed by atoms with Gasteiger partial charge in [-0.2, -0.15) is 0 Å². The molecule has 18 heavy (non-hydrogen) atoms. The van der Waals surface area contributed by atoms with Crippen LogP contribution in [0.15, 0.2) is 18.2 Å². The van der Waals surface area contributed by atoms with Gasteiger partial charge in [0.2, 0.25) is 0 Å². The summed E-state index contributed by atoms with van der Waals surface area (Å²) in [7, 11) is 0. The Hall–Kier alpha value is -1.71. The van der Waals surface area contributed by atoms with Gasteiger partial charge in [0, 0.05) is 6.42 Å². The van der Waals surface area contributed by atoms with Crippen LogP contribution in [0.2, 0.25) is 0 Å². The maximum atomic E-state index is 10.7. The molecule has 1 N–H and O–H groups in total. The molecule has 0 saturated heterocycles. The lowest BCUT2D eigenvalue weighted by Gasteiger charge is -2.27. The minimum Gasteiger partial charge on any atom is -0.486 e. The summed E-state index contributed by atoms with van der Waals surface area (Å²) in [6.45, 7) is 5.23. The van der Waals surface area contributed by atoms with Gasteiger partial charge in [-0.25, -0.2) is 0 Å². The summed E-state index contributed by atoms with van der Waals surface area (Å²) in [5.74, 6) is 0.752. The van der Waals surface area contributed by atoms with Crippen molar-refractivity contribution in [2.24, 2.45) is 0 Å². The molecule has 0 amide bonds. The van der Waals surface area contributed by atoms with Crippen molar-refractivity contribution < 1.29 is 19.4 Å². The highest BCUT2D eigenvalue weighted by Crippen LogP contribution is 2.36. The van der Waals surface area contributed by atoms with Crippen molar-refractivity contribution in [2.45, 2.75) is 32.1 Å². The van der Waals surface area contributed by atoms with Crippen LogP contribution in [-0.2, 0) is 10.2 Å². The van der Waals surface area contributed by atoms with E-state index in [1.165, 1.54) is 0 Å². The first kappa shape index (κ1) is 12.7. The normalized spacial score (nSPS) is 14.3. The number of carbonyl (C=O) groups is 1. The fraction of sp³-hybridized carbons (Fsp3) is 0.500. The number of fused-ring (bicyclic) bond motifs is 1. The lowest BCUT2D eigenvalue weighted by atomic mass is 9.80. The summed E-state index contributed by atoms with van der Waals surface area (Å²) in [5.41, 5.74) is 0.891. The molecule has 0 radical (unpaired) electrons. The molecule has 1 aromatic carbocycles. The summed E-state index contributed by atoms with van der Waals surface area (Å²) in [6, 6.07) is 5.83. The standard InChI is InChI=1S/C14H18O4/c1-14(2,6-5-13(15)16)10-3-4-11-12(9-10)18-8-7-17-11/h3-4,9H,5-8H2,1-2H3,(H,15,16). The van der Waals surface area contributed by atoms with E-state index in [9.17, 15) is 4.79 Å². The molecule has 0 atom stereocenters. The number of hydrogen-bond donors (Lipinski definition) is 1. The lowest BCUT2D eigenvalue weighted by molar-refractivity contribution is -0.137. The molecule has 0 aliphatic carbocycles. The van der Waals surface area contributed by atoms with E-state index in [-0.39, 0.29) is 11.8 Å². The molecule has 1 aliphatic rings. The highest BCUT2D eigenvalue weighted by Gasteiger charge is 2.24. The number of carboxylic acid groups (broad SMARTS) is 1. The largest absolute Gasteiger partial charge is 0.486 e. The Bertz CT molecular complexity index is 451. The van der Waals surface area contributed by atoms with Crippen molar-refractivity contribution in [3.05, 3.63) is 23.8 Å². The predicted octanol–water partition coefficient (Wildman–Crippen LogP) is 2.60. The lowest BCUT2D eigenvalue weighted by Crippen LogP contribution is -2.20. The Morgan fingerprint density at radius 2 is 1.94 bits per heavy atom. The molecular weight excluding hydrogens is 232 g/mol. The molecule has 1 aromatic rings. The minimum absolute atomic E-state index is 0.168. The number of benzene rings is 1. The molecule has 98 valence electrons. The van der Waals surface area contributed by atoms with Gasteiger partial charge in [0.1, 0.15) is 13.2 Å². The van der Waals surface area contributed by atoms with E-state index >= 15 is 0 Å². The maximum absolute atomic E-state index is 10.7. The van der Waals surface area contributed by atoms with Crippen LogP contribution < -0.4 is 9.47 Å². The third-order valence-corrected chi connectivity index (χ3v) is 3.29. The first-order valence-electron chi connectivity index (χ1n) is 6.11. The zero-order valence-corrected chi connectivity index (χ0v) is 10.7. The highest BCUT2D eigenvalue weighted by molar-refractivity contribution is 5.66. The second-order valence-corrected chi connectivity index (χ2v) is 5.14. The first-order chi connectivity index (χ1) is 8.49. The molecule has 0 bridgehead atoms. The zero-order chi connectivity index (χ0) is 13.2. The molecule has 4 heteroatoms. The van der Waals surface area contributed by atoms with Gasteiger partial charge < -0.3 is 14.6 Å².